The van der Waals surface area contributed by atoms with Crippen molar-refractivity contribution in [2.45, 2.75) is 12.2 Å². The molecule has 7 heteroatoms. The number of nitriles is 1. The van der Waals surface area contributed by atoms with E-state index in [-0.39, 0.29) is 5.75 Å². The minimum Gasteiger partial charge on any atom is -0.273 e. The van der Waals surface area contributed by atoms with Crippen molar-refractivity contribution >= 4 is 10.0 Å². The quantitative estimate of drug-likeness (QED) is 0.861. The van der Waals surface area contributed by atoms with Crippen molar-refractivity contribution in [3.05, 3.63) is 53.3 Å². The van der Waals surface area contributed by atoms with Crippen LogP contribution in [0.3, 0.4) is 0 Å². The van der Waals surface area contributed by atoms with E-state index in [1.807, 2.05) is 19.2 Å². The van der Waals surface area contributed by atoms with Gasteiger partial charge >= 0.3 is 0 Å². The summed E-state index contributed by atoms with van der Waals surface area (Å²) in [6.45, 7) is 0.331. The molecule has 0 bridgehead atoms. The number of nitrogens with one attached hydrogen (secondary N) is 1. The molecule has 110 valence electrons. The highest BCUT2D eigenvalue weighted by molar-refractivity contribution is 7.88. The van der Waals surface area contributed by atoms with Gasteiger partial charge < -0.3 is 0 Å². The Bertz CT molecular complexity index is 742. The molecule has 1 aromatic carbocycles. The first-order valence-corrected chi connectivity index (χ1v) is 8.09. The molecule has 0 amide bonds. The van der Waals surface area contributed by atoms with Crippen LogP contribution in [0.4, 0.5) is 0 Å². The molecular weight excluding hydrogens is 288 g/mol. The van der Waals surface area contributed by atoms with Gasteiger partial charge in [-0.3, -0.25) is 4.68 Å². The van der Waals surface area contributed by atoms with Gasteiger partial charge in [0.25, 0.3) is 0 Å². The lowest BCUT2D eigenvalue weighted by molar-refractivity contribution is 0.579. The number of sulfonamides is 1. The fourth-order valence-corrected chi connectivity index (χ4v) is 3.07. The number of benzene rings is 1. The number of aromatic nitrogens is 2. The summed E-state index contributed by atoms with van der Waals surface area (Å²) in [5.41, 5.74) is 2.14. The first-order valence-electron chi connectivity index (χ1n) is 6.43. The maximum absolute atomic E-state index is 12.0. The van der Waals surface area contributed by atoms with Crippen LogP contribution in [0.5, 0.6) is 0 Å². The van der Waals surface area contributed by atoms with Crippen molar-refractivity contribution < 1.29 is 8.42 Å². The van der Waals surface area contributed by atoms with Gasteiger partial charge in [0, 0.05) is 31.9 Å². The summed E-state index contributed by atoms with van der Waals surface area (Å²) in [4.78, 5) is 0. The van der Waals surface area contributed by atoms with Gasteiger partial charge in [0.1, 0.15) is 0 Å². The zero-order valence-electron chi connectivity index (χ0n) is 11.7. The highest BCUT2D eigenvalue weighted by Crippen LogP contribution is 2.07. The number of rotatable bonds is 6. The van der Waals surface area contributed by atoms with E-state index < -0.39 is 10.0 Å². The van der Waals surface area contributed by atoms with Crippen molar-refractivity contribution in [1.29, 1.82) is 5.26 Å². The smallest absolute Gasteiger partial charge is 0.215 e. The molecular formula is C14H16N4O2S. The van der Waals surface area contributed by atoms with Crippen molar-refractivity contribution in [1.82, 2.24) is 14.5 Å². The van der Waals surface area contributed by atoms with Gasteiger partial charge in [0.05, 0.1) is 17.4 Å². The van der Waals surface area contributed by atoms with Crippen LogP contribution < -0.4 is 4.72 Å². The lowest BCUT2D eigenvalue weighted by Crippen LogP contribution is -2.27. The molecule has 21 heavy (non-hydrogen) atoms. The zero-order chi connectivity index (χ0) is 15.3. The Kier molecular flexibility index (Phi) is 4.73. The van der Waals surface area contributed by atoms with E-state index in [4.69, 9.17) is 5.26 Å². The standard InChI is InChI=1S/C14H16N4O2S/c1-18-14(6-8-16-18)7-9-17-21(19,20)11-13-4-2-12(10-15)3-5-13/h2-6,8,17H,7,9,11H2,1H3. The molecule has 0 aliphatic rings. The lowest BCUT2D eigenvalue weighted by atomic mass is 10.2. The number of aryl methyl sites for hydroxylation is 1. The Morgan fingerprint density at radius 1 is 1.29 bits per heavy atom. The molecule has 1 heterocycles. The topological polar surface area (TPSA) is 87.8 Å². The van der Waals surface area contributed by atoms with E-state index in [1.54, 1.807) is 35.1 Å². The fourth-order valence-electron chi connectivity index (χ4n) is 1.93. The third-order valence-corrected chi connectivity index (χ3v) is 4.42. The molecule has 0 unspecified atom stereocenters. The summed E-state index contributed by atoms with van der Waals surface area (Å²) >= 11 is 0. The maximum atomic E-state index is 12.0. The normalized spacial score (nSPS) is 11.2. The minimum atomic E-state index is -3.38. The second-order valence-electron chi connectivity index (χ2n) is 4.66. The minimum absolute atomic E-state index is 0.0932. The highest BCUT2D eigenvalue weighted by atomic mass is 32.2. The number of hydrogen-bond acceptors (Lipinski definition) is 4. The Hall–Kier alpha value is -2.17. The van der Waals surface area contributed by atoms with E-state index in [9.17, 15) is 8.42 Å². The fraction of sp³-hybridized carbons (Fsp3) is 0.286. The molecule has 6 nitrogen and oxygen atoms in total. The molecule has 1 aromatic heterocycles. The van der Waals surface area contributed by atoms with Gasteiger partial charge in [-0.25, -0.2) is 13.1 Å². The van der Waals surface area contributed by atoms with Crippen LogP contribution in [0.15, 0.2) is 36.5 Å². The molecule has 0 saturated heterocycles. The molecule has 0 fully saturated rings. The number of hydrogen-bond donors (Lipinski definition) is 1. The van der Waals surface area contributed by atoms with Crippen molar-refractivity contribution in [2.24, 2.45) is 7.05 Å². The monoisotopic (exact) mass is 304 g/mol. The van der Waals surface area contributed by atoms with Crippen LogP contribution in [0.1, 0.15) is 16.8 Å². The van der Waals surface area contributed by atoms with E-state index >= 15 is 0 Å². The van der Waals surface area contributed by atoms with Crippen LogP contribution >= 0.6 is 0 Å². The van der Waals surface area contributed by atoms with Crippen LogP contribution in [-0.2, 0) is 29.2 Å². The molecule has 2 aromatic rings. The Balaban J connectivity index is 1.89. The Morgan fingerprint density at radius 3 is 2.57 bits per heavy atom. The van der Waals surface area contributed by atoms with Crippen molar-refractivity contribution in [2.75, 3.05) is 6.54 Å². The molecule has 0 saturated carbocycles. The first-order chi connectivity index (χ1) is 10.00. The summed E-state index contributed by atoms with van der Waals surface area (Å²) in [7, 11) is -1.56. The summed E-state index contributed by atoms with van der Waals surface area (Å²) in [5.74, 6) is -0.0932. The van der Waals surface area contributed by atoms with E-state index in [0.29, 0.717) is 24.1 Å². The summed E-state index contributed by atoms with van der Waals surface area (Å²) in [6, 6.07) is 10.4. The van der Waals surface area contributed by atoms with E-state index in [0.717, 1.165) is 5.69 Å². The van der Waals surface area contributed by atoms with Gasteiger partial charge in [-0.15, -0.1) is 0 Å². The number of nitrogens with zero attached hydrogens (tertiary/aromatic N) is 3. The first kappa shape index (κ1) is 15.2. The predicted octanol–water partition coefficient (Wildman–Crippen LogP) is 0.954. The average Bonchev–Trinajstić information content (AvgIpc) is 2.85. The van der Waals surface area contributed by atoms with E-state index in [2.05, 4.69) is 9.82 Å². The molecule has 0 aliphatic carbocycles. The SMILES string of the molecule is Cn1nccc1CCNS(=O)(=O)Cc1ccc(C#N)cc1. The van der Waals surface area contributed by atoms with Gasteiger partial charge in [-0.1, -0.05) is 12.1 Å². The van der Waals surface area contributed by atoms with Crippen LogP contribution in [0.25, 0.3) is 0 Å². The molecule has 0 radical (unpaired) electrons. The molecule has 2 rings (SSSR count). The molecule has 0 atom stereocenters. The molecule has 1 N–H and O–H groups in total. The molecule has 0 spiro atoms. The molecule has 0 aliphatic heterocycles. The Labute approximate surface area is 124 Å². The highest BCUT2D eigenvalue weighted by Gasteiger charge is 2.11. The summed E-state index contributed by atoms with van der Waals surface area (Å²) < 4.78 is 28.2. The van der Waals surface area contributed by atoms with Crippen LogP contribution in [-0.4, -0.2) is 24.7 Å². The summed E-state index contributed by atoms with van der Waals surface area (Å²) in [6.07, 6.45) is 2.27. The lowest BCUT2D eigenvalue weighted by Gasteiger charge is -2.07. The Morgan fingerprint density at radius 2 is 2.00 bits per heavy atom. The van der Waals surface area contributed by atoms with Gasteiger partial charge in [-0.05, 0) is 23.8 Å². The van der Waals surface area contributed by atoms with Crippen LogP contribution in [0.2, 0.25) is 0 Å². The van der Waals surface area contributed by atoms with Crippen LogP contribution in [0, 0.1) is 11.3 Å². The largest absolute Gasteiger partial charge is 0.273 e. The third-order valence-electron chi connectivity index (χ3n) is 3.07. The zero-order valence-corrected chi connectivity index (χ0v) is 12.5. The predicted molar refractivity (Wildman–Crippen MR) is 78.7 cm³/mol. The average molecular weight is 304 g/mol. The van der Waals surface area contributed by atoms with Gasteiger partial charge in [0.15, 0.2) is 0 Å². The van der Waals surface area contributed by atoms with Crippen molar-refractivity contribution in [3.63, 3.8) is 0 Å². The third kappa shape index (κ3) is 4.41. The van der Waals surface area contributed by atoms with E-state index in [1.165, 1.54) is 0 Å². The summed E-state index contributed by atoms with van der Waals surface area (Å²) in [5, 5.41) is 12.7. The second-order valence-corrected chi connectivity index (χ2v) is 6.47. The van der Waals surface area contributed by atoms with Crippen molar-refractivity contribution in [3.8, 4) is 6.07 Å². The van der Waals surface area contributed by atoms with Gasteiger partial charge in [0.2, 0.25) is 10.0 Å². The second kappa shape index (κ2) is 6.52. The van der Waals surface area contributed by atoms with Gasteiger partial charge in [-0.2, -0.15) is 10.4 Å². The maximum Gasteiger partial charge on any atom is 0.215 e.